The predicted octanol–water partition coefficient (Wildman–Crippen LogP) is 7.59. The third-order valence-electron chi connectivity index (χ3n) is 6.25. The number of aryl methyl sites for hydroxylation is 1. The lowest BCUT2D eigenvalue weighted by Gasteiger charge is -2.13. The number of carbonyl (C=O) groups is 1. The maximum atomic E-state index is 12.8. The predicted molar refractivity (Wildman–Crippen MR) is 142 cm³/mol. The van der Waals surface area contributed by atoms with Gasteiger partial charge < -0.3 is 19.2 Å². The molecule has 5 heteroatoms. The molecule has 4 aromatic rings. The Balaban J connectivity index is 1.71. The molecular formula is C30H31NO4. The molecular weight excluding hydrogens is 438 g/mol. The maximum absolute atomic E-state index is 12.8. The molecule has 0 unspecified atom stereocenters. The molecule has 0 radical (unpaired) electrons. The van der Waals surface area contributed by atoms with Crippen molar-refractivity contribution in [1.82, 2.24) is 0 Å². The van der Waals surface area contributed by atoms with Crippen LogP contribution in [0.3, 0.4) is 0 Å². The molecule has 0 aliphatic heterocycles. The largest absolute Gasteiger partial charge is 0.497 e. The fraction of sp³-hybridized carbons (Fsp3) is 0.233. The summed E-state index contributed by atoms with van der Waals surface area (Å²) in [6.45, 7) is 8.17. The first-order chi connectivity index (χ1) is 16.8. The summed E-state index contributed by atoms with van der Waals surface area (Å²) < 4.78 is 17.1. The van der Waals surface area contributed by atoms with Crippen LogP contribution in [0.25, 0.3) is 27.7 Å². The summed E-state index contributed by atoms with van der Waals surface area (Å²) in [6.07, 6.45) is 3.35. The number of hydrogen-bond acceptors (Lipinski definition) is 4. The number of amides is 1. The summed E-state index contributed by atoms with van der Waals surface area (Å²) in [6, 6.07) is 17.8. The monoisotopic (exact) mass is 469 g/mol. The minimum Gasteiger partial charge on any atom is -0.497 e. The van der Waals surface area contributed by atoms with Gasteiger partial charge in [0.15, 0.2) is 0 Å². The molecule has 3 aromatic carbocycles. The molecule has 35 heavy (non-hydrogen) atoms. The number of ether oxygens (including phenoxy) is 2. The fourth-order valence-electron chi connectivity index (χ4n) is 4.29. The summed E-state index contributed by atoms with van der Waals surface area (Å²) in [4.78, 5) is 12.8. The smallest absolute Gasteiger partial charge is 0.248 e. The van der Waals surface area contributed by atoms with E-state index in [-0.39, 0.29) is 5.91 Å². The number of anilines is 1. The van der Waals surface area contributed by atoms with Crippen LogP contribution in [0.5, 0.6) is 11.5 Å². The number of benzene rings is 3. The van der Waals surface area contributed by atoms with Gasteiger partial charge in [0, 0.05) is 33.8 Å². The van der Waals surface area contributed by atoms with Crippen LogP contribution < -0.4 is 14.8 Å². The number of hydrogen-bond donors (Lipinski definition) is 1. The zero-order valence-corrected chi connectivity index (χ0v) is 21.1. The van der Waals surface area contributed by atoms with Gasteiger partial charge in [-0.1, -0.05) is 38.1 Å². The first kappa shape index (κ1) is 24.1. The van der Waals surface area contributed by atoms with Crippen LogP contribution >= 0.6 is 0 Å². The Bertz CT molecular complexity index is 1390. The minimum atomic E-state index is -0.195. The first-order valence-electron chi connectivity index (χ1n) is 11.6. The van der Waals surface area contributed by atoms with Crippen molar-refractivity contribution in [1.29, 1.82) is 0 Å². The highest BCUT2D eigenvalue weighted by Crippen LogP contribution is 2.41. The van der Waals surface area contributed by atoms with Crippen LogP contribution in [0.1, 0.15) is 43.4 Å². The van der Waals surface area contributed by atoms with Gasteiger partial charge in [-0.05, 0) is 66.8 Å². The van der Waals surface area contributed by atoms with Crippen molar-refractivity contribution in [2.45, 2.75) is 33.6 Å². The number of nitrogens with one attached hydrogen (secondary N) is 1. The molecule has 0 aliphatic rings. The van der Waals surface area contributed by atoms with Crippen molar-refractivity contribution in [3.05, 3.63) is 83.6 Å². The molecule has 0 saturated heterocycles. The molecule has 1 N–H and O–H groups in total. The quantitative estimate of drug-likeness (QED) is 0.283. The van der Waals surface area contributed by atoms with Crippen LogP contribution in [-0.2, 0) is 4.79 Å². The van der Waals surface area contributed by atoms with E-state index in [1.54, 1.807) is 26.6 Å². The van der Waals surface area contributed by atoms with E-state index in [0.29, 0.717) is 11.7 Å². The van der Waals surface area contributed by atoms with Gasteiger partial charge in [0.05, 0.1) is 20.5 Å². The van der Waals surface area contributed by atoms with E-state index in [1.165, 1.54) is 5.56 Å². The molecule has 0 saturated carbocycles. The lowest BCUT2D eigenvalue weighted by Crippen LogP contribution is -2.09. The van der Waals surface area contributed by atoms with Gasteiger partial charge in [-0.2, -0.15) is 0 Å². The van der Waals surface area contributed by atoms with Gasteiger partial charge in [0.2, 0.25) is 5.91 Å². The second-order valence-electron chi connectivity index (χ2n) is 8.93. The first-order valence-corrected chi connectivity index (χ1v) is 11.6. The molecule has 5 nitrogen and oxygen atoms in total. The zero-order valence-electron chi connectivity index (χ0n) is 21.1. The molecule has 0 spiro atoms. The summed E-state index contributed by atoms with van der Waals surface area (Å²) >= 11 is 0. The van der Waals surface area contributed by atoms with E-state index in [1.807, 2.05) is 68.4 Å². The van der Waals surface area contributed by atoms with Crippen LogP contribution in [0.4, 0.5) is 5.69 Å². The second-order valence-corrected chi connectivity index (χ2v) is 8.93. The molecule has 0 aliphatic carbocycles. The Morgan fingerprint density at radius 2 is 1.77 bits per heavy atom. The Morgan fingerprint density at radius 3 is 2.43 bits per heavy atom. The van der Waals surface area contributed by atoms with Gasteiger partial charge in [0.25, 0.3) is 0 Å². The number of furan rings is 1. The Hall–Kier alpha value is -3.99. The molecule has 1 amide bonds. The third-order valence-corrected chi connectivity index (χ3v) is 6.25. The SMILES string of the molecule is COc1cccc(-c2coc3c(C)c(OC)c(/C(C)=C/C(=O)Nc4ccc(C(C)C)cc4)cc23)c1. The summed E-state index contributed by atoms with van der Waals surface area (Å²) in [5, 5.41) is 3.90. The Morgan fingerprint density at radius 1 is 1.03 bits per heavy atom. The van der Waals surface area contributed by atoms with Crippen molar-refractivity contribution >= 4 is 28.1 Å². The molecule has 180 valence electrons. The number of fused-ring (bicyclic) bond motifs is 1. The number of rotatable bonds is 7. The Kier molecular flexibility index (Phi) is 6.97. The highest BCUT2D eigenvalue weighted by atomic mass is 16.5. The van der Waals surface area contributed by atoms with Gasteiger partial charge in [-0.25, -0.2) is 0 Å². The van der Waals surface area contributed by atoms with Crippen molar-refractivity contribution in [2.75, 3.05) is 19.5 Å². The van der Waals surface area contributed by atoms with E-state index in [4.69, 9.17) is 13.9 Å². The van der Waals surface area contributed by atoms with Gasteiger partial charge in [-0.15, -0.1) is 0 Å². The van der Waals surface area contributed by atoms with E-state index in [9.17, 15) is 4.79 Å². The summed E-state index contributed by atoms with van der Waals surface area (Å²) in [7, 11) is 3.28. The third kappa shape index (κ3) is 4.94. The van der Waals surface area contributed by atoms with Crippen LogP contribution in [-0.4, -0.2) is 20.1 Å². The topological polar surface area (TPSA) is 60.7 Å². The van der Waals surface area contributed by atoms with E-state index >= 15 is 0 Å². The Labute approximate surface area is 206 Å². The second kappa shape index (κ2) is 10.1. The highest BCUT2D eigenvalue weighted by molar-refractivity contribution is 6.06. The van der Waals surface area contributed by atoms with Crippen LogP contribution in [0.15, 0.2) is 71.4 Å². The molecule has 0 fully saturated rings. The highest BCUT2D eigenvalue weighted by Gasteiger charge is 2.19. The van der Waals surface area contributed by atoms with E-state index in [0.717, 1.165) is 50.2 Å². The van der Waals surface area contributed by atoms with Gasteiger partial charge in [-0.3, -0.25) is 4.79 Å². The van der Waals surface area contributed by atoms with Gasteiger partial charge >= 0.3 is 0 Å². The lowest BCUT2D eigenvalue weighted by atomic mass is 9.96. The fourth-order valence-corrected chi connectivity index (χ4v) is 4.29. The van der Waals surface area contributed by atoms with Crippen molar-refractivity contribution in [2.24, 2.45) is 0 Å². The van der Waals surface area contributed by atoms with Crippen molar-refractivity contribution in [3.8, 4) is 22.6 Å². The van der Waals surface area contributed by atoms with Crippen LogP contribution in [0.2, 0.25) is 0 Å². The molecule has 4 rings (SSSR count). The molecule has 0 bridgehead atoms. The zero-order chi connectivity index (χ0) is 25.1. The average Bonchev–Trinajstić information content (AvgIpc) is 3.28. The van der Waals surface area contributed by atoms with Crippen molar-refractivity contribution < 1.29 is 18.7 Å². The molecule has 0 atom stereocenters. The molecule has 1 heterocycles. The minimum absolute atomic E-state index is 0.195. The summed E-state index contributed by atoms with van der Waals surface area (Å²) in [5.74, 6) is 1.71. The maximum Gasteiger partial charge on any atom is 0.248 e. The van der Waals surface area contributed by atoms with Crippen molar-refractivity contribution in [3.63, 3.8) is 0 Å². The average molecular weight is 470 g/mol. The summed E-state index contributed by atoms with van der Waals surface area (Å²) in [5.41, 5.74) is 7.20. The number of methoxy groups -OCH3 is 2. The van der Waals surface area contributed by atoms with Gasteiger partial charge in [0.1, 0.15) is 17.1 Å². The van der Waals surface area contributed by atoms with E-state index in [2.05, 4.69) is 19.2 Å². The number of allylic oxidation sites excluding steroid dienone is 1. The lowest BCUT2D eigenvalue weighted by molar-refractivity contribution is -0.111. The normalized spacial score (nSPS) is 11.7. The number of carbonyl (C=O) groups excluding carboxylic acids is 1. The van der Waals surface area contributed by atoms with Crippen LogP contribution in [0, 0.1) is 6.92 Å². The van der Waals surface area contributed by atoms with E-state index < -0.39 is 0 Å². The molecule has 1 aromatic heterocycles. The standard InChI is InChI=1S/C30H31NO4/c1-18(2)21-10-12-23(13-11-21)31-28(32)14-19(3)25-16-26-27(22-8-7-9-24(15-22)33-5)17-35-30(26)20(4)29(25)34-6/h7-18H,1-6H3,(H,31,32)/b19-14+.